The molecule has 0 radical (unpaired) electrons. The number of hydrogen-bond donors (Lipinski definition) is 1. The Balaban J connectivity index is 1.75. The number of nitrogens with two attached hydrogens (primary N) is 1. The molecule has 0 unspecified atom stereocenters. The number of amides is 1. The Bertz CT molecular complexity index is 446. The molecule has 1 amide bonds. The first kappa shape index (κ1) is 14.9. The minimum absolute atomic E-state index is 0.188. The summed E-state index contributed by atoms with van der Waals surface area (Å²) in [6, 6.07) is 0. The molecule has 0 bridgehead atoms. The lowest BCUT2D eigenvalue weighted by Crippen LogP contribution is -2.40. The van der Waals surface area contributed by atoms with Crippen LogP contribution < -0.4 is 5.73 Å². The topological polar surface area (TPSA) is 86.3 Å². The average Bonchev–Trinajstić information content (AvgIpc) is 2.88. The molecule has 2 rings (SSSR count). The number of nitrogens with zero attached hydrogens (tertiary/aromatic N) is 4. The van der Waals surface area contributed by atoms with Gasteiger partial charge in [0, 0.05) is 26.1 Å². The normalized spacial score (nSPS) is 16.4. The fraction of sp³-hybridized carbons (Fsp3) is 0.769. The Morgan fingerprint density at radius 2 is 2.15 bits per heavy atom. The van der Waals surface area contributed by atoms with Gasteiger partial charge < -0.3 is 15.4 Å². The number of ether oxygens (including phenoxy) is 1. The zero-order chi connectivity index (χ0) is 14.6. The highest BCUT2D eigenvalue weighted by molar-refractivity contribution is 5.76. The van der Waals surface area contributed by atoms with Gasteiger partial charge in [0.05, 0.1) is 24.9 Å². The van der Waals surface area contributed by atoms with Crippen molar-refractivity contribution in [2.75, 3.05) is 26.3 Å². The van der Waals surface area contributed by atoms with Gasteiger partial charge in [-0.05, 0) is 20.3 Å². The highest BCUT2D eigenvalue weighted by Gasteiger charge is 2.19. The van der Waals surface area contributed by atoms with Gasteiger partial charge in [0.2, 0.25) is 5.91 Å². The predicted molar refractivity (Wildman–Crippen MR) is 73.9 cm³/mol. The zero-order valence-corrected chi connectivity index (χ0v) is 12.2. The number of morpholine rings is 1. The lowest BCUT2D eigenvalue weighted by atomic mass is 10.0. The van der Waals surface area contributed by atoms with E-state index in [0.717, 1.165) is 12.1 Å². The van der Waals surface area contributed by atoms with E-state index in [1.165, 1.54) is 0 Å². The van der Waals surface area contributed by atoms with E-state index in [0.29, 0.717) is 39.3 Å². The number of hydrogen-bond acceptors (Lipinski definition) is 5. The van der Waals surface area contributed by atoms with E-state index >= 15 is 0 Å². The first-order valence-electron chi connectivity index (χ1n) is 7.02. The third kappa shape index (κ3) is 4.01. The molecule has 0 spiro atoms. The molecule has 0 atom stereocenters. The minimum atomic E-state index is -0.484. The molecular formula is C13H23N5O2. The standard InChI is InChI=1S/C13H23N5O2/c1-13(2,14)11-10-18(16-15-11)5-3-4-12(19)17-6-8-20-9-7-17/h10H,3-9,14H2,1-2H3. The molecule has 20 heavy (non-hydrogen) atoms. The average molecular weight is 281 g/mol. The van der Waals surface area contributed by atoms with Crippen LogP contribution in [0.25, 0.3) is 0 Å². The van der Waals surface area contributed by atoms with Crippen molar-refractivity contribution in [3.05, 3.63) is 11.9 Å². The fourth-order valence-electron chi connectivity index (χ4n) is 2.07. The Morgan fingerprint density at radius 3 is 2.75 bits per heavy atom. The molecule has 7 heteroatoms. The minimum Gasteiger partial charge on any atom is -0.378 e. The van der Waals surface area contributed by atoms with Crippen LogP contribution in [0.15, 0.2) is 6.20 Å². The maximum absolute atomic E-state index is 12.0. The van der Waals surface area contributed by atoms with Gasteiger partial charge in [-0.2, -0.15) is 0 Å². The summed E-state index contributed by atoms with van der Waals surface area (Å²) in [4.78, 5) is 13.8. The van der Waals surface area contributed by atoms with E-state index in [1.54, 1.807) is 4.68 Å². The van der Waals surface area contributed by atoms with E-state index in [1.807, 2.05) is 24.9 Å². The van der Waals surface area contributed by atoms with Crippen LogP contribution in [-0.2, 0) is 21.6 Å². The summed E-state index contributed by atoms with van der Waals surface area (Å²) >= 11 is 0. The maximum Gasteiger partial charge on any atom is 0.222 e. The summed E-state index contributed by atoms with van der Waals surface area (Å²) in [7, 11) is 0. The Morgan fingerprint density at radius 1 is 1.45 bits per heavy atom. The van der Waals surface area contributed by atoms with Crippen LogP contribution in [0, 0.1) is 0 Å². The van der Waals surface area contributed by atoms with E-state index in [9.17, 15) is 4.79 Å². The maximum atomic E-state index is 12.0. The Hall–Kier alpha value is -1.47. The fourth-order valence-corrected chi connectivity index (χ4v) is 2.07. The van der Waals surface area contributed by atoms with Gasteiger partial charge in [-0.1, -0.05) is 5.21 Å². The van der Waals surface area contributed by atoms with Gasteiger partial charge in [-0.15, -0.1) is 5.10 Å². The SMILES string of the molecule is CC(C)(N)c1cn(CCCC(=O)N2CCOCC2)nn1. The monoisotopic (exact) mass is 281 g/mol. The van der Waals surface area contributed by atoms with Gasteiger partial charge in [-0.3, -0.25) is 9.48 Å². The molecule has 2 heterocycles. The molecule has 1 aromatic heterocycles. The van der Waals surface area contributed by atoms with Crippen LogP contribution in [-0.4, -0.2) is 52.1 Å². The van der Waals surface area contributed by atoms with Crippen molar-refractivity contribution in [3.8, 4) is 0 Å². The number of aromatic nitrogens is 3. The summed E-state index contributed by atoms with van der Waals surface area (Å²) < 4.78 is 6.98. The molecular weight excluding hydrogens is 258 g/mol. The van der Waals surface area contributed by atoms with E-state index < -0.39 is 5.54 Å². The zero-order valence-electron chi connectivity index (χ0n) is 12.2. The Labute approximate surface area is 119 Å². The van der Waals surface area contributed by atoms with Crippen molar-refractivity contribution < 1.29 is 9.53 Å². The molecule has 0 aliphatic carbocycles. The first-order valence-corrected chi connectivity index (χ1v) is 7.02. The largest absolute Gasteiger partial charge is 0.378 e. The van der Waals surface area contributed by atoms with E-state index in [2.05, 4.69) is 10.3 Å². The summed E-state index contributed by atoms with van der Waals surface area (Å²) in [5, 5.41) is 8.08. The van der Waals surface area contributed by atoms with Crippen molar-refractivity contribution in [1.29, 1.82) is 0 Å². The second-order valence-electron chi connectivity index (χ2n) is 5.69. The van der Waals surface area contributed by atoms with Crippen LogP contribution in [0.5, 0.6) is 0 Å². The van der Waals surface area contributed by atoms with Crippen LogP contribution in [0.3, 0.4) is 0 Å². The summed E-state index contributed by atoms with van der Waals surface area (Å²) in [5.74, 6) is 0.188. The van der Waals surface area contributed by atoms with Gasteiger partial charge in [0.15, 0.2) is 0 Å². The molecule has 2 N–H and O–H groups in total. The highest BCUT2D eigenvalue weighted by atomic mass is 16.5. The summed E-state index contributed by atoms with van der Waals surface area (Å²) in [6.07, 6.45) is 3.13. The lowest BCUT2D eigenvalue weighted by molar-refractivity contribution is -0.135. The van der Waals surface area contributed by atoms with Gasteiger partial charge >= 0.3 is 0 Å². The van der Waals surface area contributed by atoms with Crippen LogP contribution >= 0.6 is 0 Å². The third-order valence-electron chi connectivity index (χ3n) is 3.34. The second-order valence-corrected chi connectivity index (χ2v) is 5.69. The van der Waals surface area contributed by atoms with Crippen LogP contribution in [0.2, 0.25) is 0 Å². The van der Waals surface area contributed by atoms with Crippen molar-refractivity contribution in [1.82, 2.24) is 19.9 Å². The lowest BCUT2D eigenvalue weighted by Gasteiger charge is -2.26. The summed E-state index contributed by atoms with van der Waals surface area (Å²) in [5.41, 5.74) is 6.23. The summed E-state index contributed by atoms with van der Waals surface area (Å²) in [6.45, 7) is 7.15. The molecule has 0 aromatic carbocycles. The van der Waals surface area contributed by atoms with Crippen LogP contribution in [0.1, 0.15) is 32.4 Å². The molecule has 1 aliphatic heterocycles. The molecule has 1 fully saturated rings. The smallest absolute Gasteiger partial charge is 0.222 e. The third-order valence-corrected chi connectivity index (χ3v) is 3.34. The number of carbonyl (C=O) groups is 1. The molecule has 1 saturated heterocycles. The molecule has 7 nitrogen and oxygen atoms in total. The van der Waals surface area contributed by atoms with E-state index in [4.69, 9.17) is 10.5 Å². The van der Waals surface area contributed by atoms with Crippen molar-refractivity contribution in [3.63, 3.8) is 0 Å². The van der Waals surface area contributed by atoms with Crippen LogP contribution in [0.4, 0.5) is 0 Å². The van der Waals surface area contributed by atoms with Gasteiger partial charge in [0.1, 0.15) is 5.69 Å². The quantitative estimate of drug-likeness (QED) is 0.828. The number of aryl methyl sites for hydroxylation is 1. The molecule has 0 saturated carbocycles. The molecule has 1 aliphatic rings. The van der Waals surface area contributed by atoms with Gasteiger partial charge in [-0.25, -0.2) is 0 Å². The second kappa shape index (κ2) is 6.32. The van der Waals surface area contributed by atoms with Crippen molar-refractivity contribution >= 4 is 5.91 Å². The number of carbonyl (C=O) groups excluding carboxylic acids is 1. The first-order chi connectivity index (χ1) is 9.47. The molecule has 1 aromatic rings. The van der Waals surface area contributed by atoms with Gasteiger partial charge in [0.25, 0.3) is 0 Å². The molecule has 112 valence electrons. The van der Waals surface area contributed by atoms with Crippen molar-refractivity contribution in [2.24, 2.45) is 5.73 Å². The van der Waals surface area contributed by atoms with E-state index in [-0.39, 0.29) is 5.91 Å². The number of rotatable bonds is 5. The predicted octanol–water partition coefficient (Wildman–Crippen LogP) is 0.111. The Kier molecular flexibility index (Phi) is 4.72. The van der Waals surface area contributed by atoms with Crippen molar-refractivity contribution in [2.45, 2.75) is 38.8 Å². The highest BCUT2D eigenvalue weighted by Crippen LogP contribution is 2.12.